The molecule has 0 atom stereocenters. The normalized spacial score (nSPS) is 15.7. The molecule has 1 heterocycles. The minimum absolute atomic E-state index is 0.164. The maximum atomic E-state index is 11.9. The van der Waals surface area contributed by atoms with Gasteiger partial charge in [-0.25, -0.2) is 0 Å². The molecule has 1 aliphatic rings. The average molecular weight is 368 g/mol. The zero-order chi connectivity index (χ0) is 19.0. The third kappa shape index (κ3) is 4.90. The second kappa shape index (κ2) is 9.26. The van der Waals surface area contributed by atoms with Gasteiger partial charge in [0.2, 0.25) is 0 Å². The van der Waals surface area contributed by atoms with Gasteiger partial charge >= 0.3 is 0 Å². The van der Waals surface area contributed by atoms with Crippen molar-refractivity contribution in [2.45, 2.75) is 31.6 Å². The number of benzene rings is 1. The van der Waals surface area contributed by atoms with E-state index in [4.69, 9.17) is 9.41 Å². The molecule has 27 heavy (non-hydrogen) atoms. The molecule has 1 aromatic carbocycles. The molecule has 3 N–H and O–H groups in total. The summed E-state index contributed by atoms with van der Waals surface area (Å²) in [6.45, 7) is 4.70. The Morgan fingerprint density at radius 3 is 2.48 bits per heavy atom. The number of furan rings is 1. The molecule has 6 heteroatoms. The van der Waals surface area contributed by atoms with Gasteiger partial charge in [-0.1, -0.05) is 36.8 Å². The van der Waals surface area contributed by atoms with Crippen LogP contribution >= 0.6 is 0 Å². The zero-order valence-corrected chi connectivity index (χ0v) is 15.8. The van der Waals surface area contributed by atoms with Gasteiger partial charge in [-0.05, 0) is 37.5 Å². The van der Waals surface area contributed by atoms with E-state index in [2.05, 4.69) is 46.3 Å². The van der Waals surface area contributed by atoms with Crippen molar-refractivity contribution in [2.24, 2.45) is 4.99 Å². The highest BCUT2D eigenvalue weighted by Gasteiger charge is 2.38. The van der Waals surface area contributed by atoms with Crippen molar-refractivity contribution >= 4 is 11.9 Å². The van der Waals surface area contributed by atoms with Gasteiger partial charge in [0.15, 0.2) is 11.7 Å². The first-order chi connectivity index (χ1) is 13.2. The first kappa shape index (κ1) is 19.0. The Labute approximate surface area is 160 Å². The topological polar surface area (TPSA) is 78.7 Å². The summed E-state index contributed by atoms with van der Waals surface area (Å²) in [4.78, 5) is 16.7. The molecule has 2 aromatic rings. The van der Waals surface area contributed by atoms with Gasteiger partial charge in [0.05, 0.1) is 12.8 Å². The number of rotatable bonds is 8. The summed E-state index contributed by atoms with van der Waals surface area (Å²) in [6, 6.07) is 14.0. The number of aliphatic imine (C=N–C) groups is 1. The van der Waals surface area contributed by atoms with E-state index in [9.17, 15) is 4.79 Å². The number of carbonyl (C=O) groups excluding carboxylic acids is 1. The highest BCUT2D eigenvalue weighted by molar-refractivity contribution is 5.91. The van der Waals surface area contributed by atoms with Crippen molar-refractivity contribution in [3.05, 3.63) is 60.1 Å². The SMILES string of the molecule is CCNC(=NCC1(c2ccccc2)CCC1)NCCNC(=O)c1ccco1. The highest BCUT2D eigenvalue weighted by atomic mass is 16.3. The van der Waals surface area contributed by atoms with Crippen LogP contribution in [-0.2, 0) is 5.41 Å². The second-order valence-electron chi connectivity index (χ2n) is 6.86. The first-order valence-electron chi connectivity index (χ1n) is 9.63. The molecule has 0 spiro atoms. The predicted molar refractivity (Wildman–Crippen MR) is 107 cm³/mol. The standard InChI is InChI=1S/C21H28N4O2/c1-2-22-20(24-14-13-23-19(26)18-10-6-15-27-18)25-16-21(11-7-12-21)17-8-4-3-5-9-17/h3-6,8-10,15H,2,7,11-14,16H2,1H3,(H,23,26)(H2,22,24,25). The molecule has 0 saturated heterocycles. The predicted octanol–water partition coefficient (Wildman–Crippen LogP) is 2.69. The average Bonchev–Trinajstić information content (AvgIpc) is 3.20. The van der Waals surface area contributed by atoms with Crippen LogP contribution in [0.1, 0.15) is 42.3 Å². The van der Waals surface area contributed by atoms with E-state index in [1.165, 1.54) is 31.1 Å². The lowest BCUT2D eigenvalue weighted by atomic mass is 9.64. The Morgan fingerprint density at radius 2 is 1.85 bits per heavy atom. The fourth-order valence-corrected chi connectivity index (χ4v) is 3.36. The summed E-state index contributed by atoms with van der Waals surface area (Å²) in [5.41, 5.74) is 1.54. The van der Waals surface area contributed by atoms with Crippen LogP contribution in [0.3, 0.4) is 0 Å². The lowest BCUT2D eigenvalue weighted by Crippen LogP contribution is -2.43. The molecule has 0 bridgehead atoms. The minimum atomic E-state index is -0.207. The second-order valence-corrected chi connectivity index (χ2v) is 6.86. The number of carbonyl (C=O) groups is 1. The number of hydrogen-bond donors (Lipinski definition) is 3. The Bertz CT molecular complexity index is 737. The van der Waals surface area contributed by atoms with Crippen LogP contribution in [0.2, 0.25) is 0 Å². The van der Waals surface area contributed by atoms with Crippen LogP contribution in [0.15, 0.2) is 58.1 Å². The third-order valence-electron chi connectivity index (χ3n) is 5.03. The van der Waals surface area contributed by atoms with Crippen molar-refractivity contribution < 1.29 is 9.21 Å². The Balaban J connectivity index is 1.51. The molecule has 1 fully saturated rings. The van der Waals surface area contributed by atoms with Crippen LogP contribution in [0.4, 0.5) is 0 Å². The van der Waals surface area contributed by atoms with Gasteiger partial charge in [-0.2, -0.15) is 0 Å². The van der Waals surface area contributed by atoms with Gasteiger partial charge in [0.25, 0.3) is 5.91 Å². The summed E-state index contributed by atoms with van der Waals surface area (Å²) in [7, 11) is 0. The smallest absolute Gasteiger partial charge is 0.287 e. The number of guanidine groups is 1. The largest absolute Gasteiger partial charge is 0.459 e. The monoisotopic (exact) mass is 368 g/mol. The van der Waals surface area contributed by atoms with E-state index in [0.717, 1.165) is 19.0 Å². The van der Waals surface area contributed by atoms with Crippen molar-refractivity contribution in [1.82, 2.24) is 16.0 Å². The maximum Gasteiger partial charge on any atom is 0.287 e. The third-order valence-corrected chi connectivity index (χ3v) is 5.03. The molecule has 1 aromatic heterocycles. The molecule has 6 nitrogen and oxygen atoms in total. The van der Waals surface area contributed by atoms with Crippen LogP contribution in [0.25, 0.3) is 0 Å². The summed E-state index contributed by atoms with van der Waals surface area (Å²) < 4.78 is 5.08. The van der Waals surface area contributed by atoms with Crippen LogP contribution in [0, 0.1) is 0 Å². The molecule has 1 amide bonds. The van der Waals surface area contributed by atoms with Crippen molar-refractivity contribution in [1.29, 1.82) is 0 Å². The zero-order valence-electron chi connectivity index (χ0n) is 15.8. The van der Waals surface area contributed by atoms with Crippen LogP contribution < -0.4 is 16.0 Å². The summed E-state index contributed by atoms with van der Waals surface area (Å²) in [6.07, 6.45) is 5.11. The van der Waals surface area contributed by atoms with E-state index >= 15 is 0 Å². The van der Waals surface area contributed by atoms with Crippen molar-refractivity contribution in [3.63, 3.8) is 0 Å². The van der Waals surface area contributed by atoms with E-state index in [0.29, 0.717) is 18.8 Å². The van der Waals surface area contributed by atoms with Crippen LogP contribution in [-0.4, -0.2) is 38.0 Å². The molecule has 144 valence electrons. The van der Waals surface area contributed by atoms with Gasteiger partial charge in [0.1, 0.15) is 0 Å². The number of hydrogen-bond acceptors (Lipinski definition) is 3. The molecule has 0 aliphatic heterocycles. The van der Waals surface area contributed by atoms with Crippen molar-refractivity contribution in [3.8, 4) is 0 Å². The lowest BCUT2D eigenvalue weighted by molar-refractivity contribution is 0.0926. The molecular weight excluding hydrogens is 340 g/mol. The molecule has 0 radical (unpaired) electrons. The fourth-order valence-electron chi connectivity index (χ4n) is 3.36. The first-order valence-corrected chi connectivity index (χ1v) is 9.63. The minimum Gasteiger partial charge on any atom is -0.459 e. The summed E-state index contributed by atoms with van der Waals surface area (Å²) in [5.74, 6) is 0.901. The van der Waals surface area contributed by atoms with Crippen molar-refractivity contribution in [2.75, 3.05) is 26.2 Å². The number of amides is 1. The Kier molecular flexibility index (Phi) is 6.52. The van der Waals surface area contributed by atoms with Crippen LogP contribution in [0.5, 0.6) is 0 Å². The lowest BCUT2D eigenvalue weighted by Gasteiger charge is -2.41. The fraction of sp³-hybridized carbons (Fsp3) is 0.429. The Morgan fingerprint density at radius 1 is 1.07 bits per heavy atom. The molecule has 1 saturated carbocycles. The maximum absolute atomic E-state index is 11.9. The number of nitrogens with one attached hydrogen (secondary N) is 3. The quantitative estimate of drug-likeness (QED) is 0.380. The highest BCUT2D eigenvalue weighted by Crippen LogP contribution is 2.43. The van der Waals surface area contributed by atoms with E-state index in [1.807, 2.05) is 6.92 Å². The van der Waals surface area contributed by atoms with E-state index in [1.54, 1.807) is 12.1 Å². The molecule has 3 rings (SSSR count). The molecular formula is C21H28N4O2. The molecule has 0 unspecified atom stereocenters. The van der Waals surface area contributed by atoms with Gasteiger partial charge in [-0.15, -0.1) is 0 Å². The number of nitrogens with zero attached hydrogens (tertiary/aromatic N) is 1. The Hall–Kier alpha value is -2.76. The summed E-state index contributed by atoms with van der Waals surface area (Å²) in [5, 5.41) is 9.39. The van der Waals surface area contributed by atoms with E-state index in [-0.39, 0.29) is 11.3 Å². The van der Waals surface area contributed by atoms with Gasteiger partial charge in [-0.3, -0.25) is 9.79 Å². The molecule has 1 aliphatic carbocycles. The van der Waals surface area contributed by atoms with Gasteiger partial charge < -0.3 is 20.4 Å². The summed E-state index contributed by atoms with van der Waals surface area (Å²) >= 11 is 0. The van der Waals surface area contributed by atoms with Gasteiger partial charge in [0, 0.05) is 25.0 Å². The van der Waals surface area contributed by atoms with E-state index < -0.39 is 0 Å².